The van der Waals surface area contributed by atoms with Crippen molar-refractivity contribution in [3.63, 3.8) is 0 Å². The third-order valence-corrected chi connectivity index (χ3v) is 4.61. The third kappa shape index (κ3) is 3.99. The van der Waals surface area contributed by atoms with E-state index in [1.165, 1.54) is 0 Å². The van der Waals surface area contributed by atoms with E-state index in [4.69, 9.17) is 9.47 Å². The van der Waals surface area contributed by atoms with Crippen molar-refractivity contribution in [3.8, 4) is 11.5 Å². The second-order valence-corrected chi connectivity index (χ2v) is 6.06. The van der Waals surface area contributed by atoms with Gasteiger partial charge in [0.25, 0.3) is 0 Å². The van der Waals surface area contributed by atoms with Gasteiger partial charge in [-0.25, -0.2) is 0 Å². The lowest BCUT2D eigenvalue weighted by Crippen LogP contribution is -2.53. The van der Waals surface area contributed by atoms with E-state index in [1.54, 1.807) is 19.2 Å². The van der Waals surface area contributed by atoms with Crippen LogP contribution in [0.15, 0.2) is 18.2 Å². The zero-order chi connectivity index (χ0) is 17.7. The van der Waals surface area contributed by atoms with Crippen LogP contribution >= 0.6 is 0 Å². The first-order valence-electron chi connectivity index (χ1n) is 8.53. The Hall–Kier alpha value is -1.79. The topological polar surface area (TPSA) is 62.2 Å². The number of hydrogen-bond donors (Lipinski definition) is 1. The second-order valence-electron chi connectivity index (χ2n) is 6.06. The fourth-order valence-electron chi connectivity index (χ4n) is 3.37. The first-order chi connectivity index (χ1) is 11.5. The van der Waals surface area contributed by atoms with Crippen molar-refractivity contribution in [2.24, 2.45) is 0 Å². The van der Waals surface area contributed by atoms with Gasteiger partial charge in [0.05, 0.1) is 13.7 Å². The second kappa shape index (κ2) is 8.35. The van der Waals surface area contributed by atoms with E-state index in [0.29, 0.717) is 24.1 Å². The van der Waals surface area contributed by atoms with Gasteiger partial charge in [0, 0.05) is 25.7 Å². The first-order valence-corrected chi connectivity index (χ1v) is 8.53. The van der Waals surface area contributed by atoms with Crippen LogP contribution in [-0.4, -0.2) is 66.8 Å². The molecule has 0 aromatic heterocycles. The summed E-state index contributed by atoms with van der Waals surface area (Å²) in [6, 6.07) is 5.06. The van der Waals surface area contributed by atoms with Gasteiger partial charge in [-0.15, -0.1) is 0 Å². The summed E-state index contributed by atoms with van der Waals surface area (Å²) in [6.07, 6.45) is 0. The molecular weight excluding hydrogens is 308 g/mol. The van der Waals surface area contributed by atoms with E-state index in [1.807, 2.05) is 17.9 Å². The van der Waals surface area contributed by atoms with E-state index in [-0.39, 0.29) is 0 Å². The molecule has 0 amide bonds. The highest BCUT2D eigenvalue weighted by atomic mass is 16.5. The number of benzene rings is 1. The molecule has 1 fully saturated rings. The van der Waals surface area contributed by atoms with Gasteiger partial charge >= 0.3 is 5.97 Å². The van der Waals surface area contributed by atoms with Crippen molar-refractivity contribution in [2.45, 2.75) is 32.9 Å². The van der Waals surface area contributed by atoms with Crippen molar-refractivity contribution in [1.82, 2.24) is 9.80 Å². The third-order valence-electron chi connectivity index (χ3n) is 4.61. The SMILES string of the molecule is CCOc1ccc(C(C(=O)O)N2CCN(CC)C(C)C2)cc1OC. The predicted octanol–water partition coefficient (Wildman–Crippen LogP) is 2.25. The summed E-state index contributed by atoms with van der Waals surface area (Å²) in [5.41, 5.74) is 0.722. The van der Waals surface area contributed by atoms with Crippen LogP contribution in [0.3, 0.4) is 0 Å². The molecular formula is C18H28N2O4. The monoisotopic (exact) mass is 336 g/mol. The molecule has 1 heterocycles. The summed E-state index contributed by atoms with van der Waals surface area (Å²) in [6.45, 7) is 10.1. The normalized spacial score (nSPS) is 20.6. The number of piperazine rings is 1. The summed E-state index contributed by atoms with van der Waals surface area (Å²) in [7, 11) is 1.57. The Morgan fingerprint density at radius 2 is 2.08 bits per heavy atom. The average molecular weight is 336 g/mol. The number of nitrogens with zero attached hydrogens (tertiary/aromatic N) is 2. The van der Waals surface area contributed by atoms with Gasteiger partial charge in [0.2, 0.25) is 0 Å². The van der Waals surface area contributed by atoms with Crippen molar-refractivity contribution in [3.05, 3.63) is 23.8 Å². The number of carboxylic acid groups (broad SMARTS) is 1. The van der Waals surface area contributed by atoms with E-state index < -0.39 is 12.0 Å². The highest BCUT2D eigenvalue weighted by Gasteiger charge is 2.33. The molecule has 0 radical (unpaired) electrons. The van der Waals surface area contributed by atoms with Gasteiger partial charge in [0.15, 0.2) is 11.5 Å². The van der Waals surface area contributed by atoms with Crippen LogP contribution in [0, 0.1) is 0 Å². The molecule has 0 spiro atoms. The summed E-state index contributed by atoms with van der Waals surface area (Å²) in [5, 5.41) is 9.80. The summed E-state index contributed by atoms with van der Waals surface area (Å²) >= 11 is 0. The Bertz CT molecular complexity index is 564. The van der Waals surface area contributed by atoms with Gasteiger partial charge in [-0.05, 0) is 38.1 Å². The Morgan fingerprint density at radius 1 is 1.33 bits per heavy atom. The van der Waals surface area contributed by atoms with E-state index in [0.717, 1.165) is 31.7 Å². The van der Waals surface area contributed by atoms with Crippen molar-refractivity contribution < 1.29 is 19.4 Å². The maximum absolute atomic E-state index is 11.9. The van der Waals surface area contributed by atoms with Crippen molar-refractivity contribution in [1.29, 1.82) is 0 Å². The number of hydrogen-bond acceptors (Lipinski definition) is 5. The predicted molar refractivity (Wildman–Crippen MR) is 92.8 cm³/mol. The molecule has 1 saturated heterocycles. The maximum atomic E-state index is 11.9. The average Bonchev–Trinajstić information content (AvgIpc) is 2.56. The van der Waals surface area contributed by atoms with Crippen molar-refractivity contribution >= 4 is 5.97 Å². The van der Waals surface area contributed by atoms with Gasteiger partial charge in [-0.3, -0.25) is 14.6 Å². The zero-order valence-electron chi connectivity index (χ0n) is 15.0. The zero-order valence-corrected chi connectivity index (χ0v) is 15.0. The number of aliphatic carboxylic acids is 1. The molecule has 2 atom stereocenters. The molecule has 1 aliphatic heterocycles. The van der Waals surface area contributed by atoms with Gasteiger partial charge < -0.3 is 14.6 Å². The molecule has 1 N–H and O–H groups in total. The van der Waals surface area contributed by atoms with Gasteiger partial charge in [0.1, 0.15) is 6.04 Å². The molecule has 1 aliphatic rings. The van der Waals surface area contributed by atoms with Crippen molar-refractivity contribution in [2.75, 3.05) is 39.9 Å². The molecule has 2 rings (SSSR count). The number of carbonyl (C=O) groups is 1. The molecule has 2 unspecified atom stereocenters. The maximum Gasteiger partial charge on any atom is 0.325 e. The minimum absolute atomic E-state index is 0.343. The molecule has 24 heavy (non-hydrogen) atoms. The number of methoxy groups -OCH3 is 1. The Balaban J connectivity index is 2.26. The summed E-state index contributed by atoms with van der Waals surface area (Å²) in [5.74, 6) is 0.372. The number of ether oxygens (including phenoxy) is 2. The van der Waals surface area contributed by atoms with Crippen LogP contribution in [0.25, 0.3) is 0 Å². The van der Waals surface area contributed by atoms with E-state index in [9.17, 15) is 9.90 Å². The Kier molecular flexibility index (Phi) is 6.45. The molecule has 0 bridgehead atoms. The van der Waals surface area contributed by atoms with Crippen LogP contribution in [0.5, 0.6) is 11.5 Å². The van der Waals surface area contributed by atoms with Gasteiger partial charge in [-0.1, -0.05) is 13.0 Å². The molecule has 1 aromatic carbocycles. The number of likely N-dealkylation sites (N-methyl/N-ethyl adjacent to an activating group) is 1. The standard InChI is InChI=1S/C18H28N2O4/c1-5-19-9-10-20(12-13(19)3)17(18(21)22)14-7-8-15(24-6-2)16(11-14)23-4/h7-8,11,13,17H,5-6,9-10,12H2,1-4H3,(H,21,22). The molecule has 134 valence electrons. The van der Waals surface area contributed by atoms with Gasteiger partial charge in [-0.2, -0.15) is 0 Å². The summed E-state index contributed by atoms with van der Waals surface area (Å²) < 4.78 is 10.9. The minimum atomic E-state index is -0.835. The molecule has 6 heteroatoms. The van der Waals surface area contributed by atoms with Crippen LogP contribution in [0.1, 0.15) is 32.4 Å². The molecule has 0 aliphatic carbocycles. The first kappa shape index (κ1) is 18.5. The number of carboxylic acids is 1. The lowest BCUT2D eigenvalue weighted by Gasteiger charge is -2.41. The summed E-state index contributed by atoms with van der Waals surface area (Å²) in [4.78, 5) is 16.3. The largest absolute Gasteiger partial charge is 0.493 e. The Labute approximate surface area is 144 Å². The lowest BCUT2D eigenvalue weighted by atomic mass is 10.0. The molecule has 1 aromatic rings. The van der Waals surface area contributed by atoms with E-state index in [2.05, 4.69) is 18.7 Å². The molecule has 6 nitrogen and oxygen atoms in total. The minimum Gasteiger partial charge on any atom is -0.493 e. The highest BCUT2D eigenvalue weighted by Crippen LogP contribution is 2.33. The smallest absolute Gasteiger partial charge is 0.325 e. The number of rotatable bonds is 7. The quantitative estimate of drug-likeness (QED) is 0.824. The highest BCUT2D eigenvalue weighted by molar-refractivity contribution is 5.76. The van der Waals surface area contributed by atoms with Crippen LogP contribution in [0.2, 0.25) is 0 Å². The van der Waals surface area contributed by atoms with E-state index >= 15 is 0 Å². The fourth-order valence-corrected chi connectivity index (χ4v) is 3.37. The Morgan fingerprint density at radius 3 is 2.62 bits per heavy atom. The lowest BCUT2D eigenvalue weighted by molar-refractivity contribution is -0.144. The van der Waals surface area contributed by atoms with Crippen LogP contribution < -0.4 is 9.47 Å². The fraction of sp³-hybridized carbons (Fsp3) is 0.611. The molecule has 0 saturated carbocycles. The van der Waals surface area contributed by atoms with Crippen LogP contribution in [0.4, 0.5) is 0 Å². The van der Waals surface area contributed by atoms with Crippen LogP contribution in [-0.2, 0) is 4.79 Å².